The summed E-state index contributed by atoms with van der Waals surface area (Å²) in [6.45, 7) is 0.425. The third-order valence-corrected chi connectivity index (χ3v) is 9.95. The van der Waals surface area contributed by atoms with Gasteiger partial charge in [-0.05, 0) is 52.4 Å². The van der Waals surface area contributed by atoms with E-state index in [1.165, 1.54) is 4.31 Å². The van der Waals surface area contributed by atoms with Gasteiger partial charge in [0.15, 0.2) is 10.6 Å². The minimum Gasteiger partial charge on any atom is -0.363 e. The molecule has 0 N–H and O–H groups in total. The molecule has 0 bridgehead atoms. The van der Waals surface area contributed by atoms with Crippen molar-refractivity contribution >= 4 is 51.8 Å². The van der Waals surface area contributed by atoms with Crippen LogP contribution in [0.4, 0.5) is 30.7 Å². The molecule has 0 aliphatic carbocycles. The standard InChI is InChI=1S/C23H17Cl2F7N2O2S2/c24-16-6-14(7-17(25)19(16)26)21(23(30,31)32)8-18(33-37-21)12-1-2-15-13(5-12)9-36-20(15)10-34(11-20)38(35)4-3-22(27,28)29/h1-2,5-7H,3-4,8-11H2. The lowest BCUT2D eigenvalue weighted by Gasteiger charge is -2.46. The van der Waals surface area contributed by atoms with Gasteiger partial charge >= 0.3 is 12.4 Å². The molecule has 2 unspecified atom stereocenters. The molecule has 38 heavy (non-hydrogen) atoms. The molecule has 15 heteroatoms. The number of hydrogen-bond acceptors (Lipinski definition) is 4. The van der Waals surface area contributed by atoms with Gasteiger partial charge in [0.1, 0.15) is 5.60 Å². The molecular weight excluding hydrogens is 604 g/mol. The minimum absolute atomic E-state index is 0.139. The van der Waals surface area contributed by atoms with Crippen LogP contribution in [0.25, 0.3) is 0 Å². The van der Waals surface area contributed by atoms with Crippen molar-refractivity contribution in [1.82, 2.24) is 4.31 Å². The van der Waals surface area contributed by atoms with Gasteiger partial charge in [0.25, 0.3) is 0 Å². The summed E-state index contributed by atoms with van der Waals surface area (Å²) >= 11 is 11.9. The predicted molar refractivity (Wildman–Crippen MR) is 131 cm³/mol. The lowest BCUT2D eigenvalue weighted by Crippen LogP contribution is -2.59. The predicted octanol–water partition coefficient (Wildman–Crippen LogP) is 7.09. The Kier molecular flexibility index (Phi) is 7.13. The zero-order chi connectivity index (χ0) is 27.7. The molecule has 2 aromatic carbocycles. The maximum absolute atomic E-state index is 14.4. The average molecular weight is 621 g/mol. The molecule has 1 spiro atoms. The van der Waals surface area contributed by atoms with E-state index in [1.54, 1.807) is 18.2 Å². The molecule has 1 fully saturated rings. The Labute approximate surface area is 229 Å². The van der Waals surface area contributed by atoms with E-state index < -0.39 is 68.1 Å². The van der Waals surface area contributed by atoms with Crippen molar-refractivity contribution in [3.8, 4) is 0 Å². The van der Waals surface area contributed by atoms with E-state index in [2.05, 4.69) is 4.40 Å². The van der Waals surface area contributed by atoms with Crippen LogP contribution >= 0.6 is 35.1 Å². The third-order valence-electron chi connectivity index (χ3n) is 6.78. The molecule has 3 aliphatic rings. The first-order valence-corrected chi connectivity index (χ1v) is 13.9. The van der Waals surface area contributed by atoms with Crippen LogP contribution in [0, 0.1) is 5.82 Å². The second-order valence-corrected chi connectivity index (χ2v) is 12.7. The van der Waals surface area contributed by atoms with E-state index in [-0.39, 0.29) is 31.0 Å². The van der Waals surface area contributed by atoms with Crippen LogP contribution in [0.5, 0.6) is 0 Å². The van der Waals surface area contributed by atoms with E-state index in [9.17, 15) is 34.9 Å². The fourth-order valence-corrected chi connectivity index (χ4v) is 7.56. The smallest absolute Gasteiger partial charge is 0.363 e. The Morgan fingerprint density at radius 3 is 2.34 bits per heavy atom. The second kappa shape index (κ2) is 9.62. The summed E-state index contributed by atoms with van der Waals surface area (Å²) in [7, 11) is -1.81. The monoisotopic (exact) mass is 620 g/mol. The van der Waals surface area contributed by atoms with Crippen molar-refractivity contribution < 1.29 is 39.7 Å². The molecule has 206 valence electrons. The van der Waals surface area contributed by atoms with E-state index >= 15 is 0 Å². The van der Waals surface area contributed by atoms with E-state index in [0.717, 1.165) is 17.7 Å². The third kappa shape index (κ3) is 4.87. The van der Waals surface area contributed by atoms with Gasteiger partial charge in [-0.25, -0.2) is 17.3 Å². The second-order valence-electron chi connectivity index (χ2n) is 9.23. The van der Waals surface area contributed by atoms with Crippen LogP contribution in [-0.4, -0.2) is 45.4 Å². The molecule has 2 aromatic rings. The van der Waals surface area contributed by atoms with Crippen molar-refractivity contribution in [1.29, 1.82) is 0 Å². The number of rotatable bonds is 5. The van der Waals surface area contributed by atoms with Gasteiger partial charge in [-0.2, -0.15) is 26.3 Å². The fourth-order valence-electron chi connectivity index (χ4n) is 4.74. The van der Waals surface area contributed by atoms with Gasteiger partial charge < -0.3 is 4.74 Å². The van der Waals surface area contributed by atoms with Crippen LogP contribution in [0.1, 0.15) is 35.1 Å². The van der Waals surface area contributed by atoms with Crippen molar-refractivity contribution in [2.75, 3.05) is 18.8 Å². The Morgan fingerprint density at radius 1 is 1.08 bits per heavy atom. The summed E-state index contributed by atoms with van der Waals surface area (Å²) in [4.78, 5) is 0. The first kappa shape index (κ1) is 28.2. The van der Waals surface area contributed by atoms with Crippen LogP contribution < -0.4 is 0 Å². The largest absolute Gasteiger partial charge is 0.409 e. The SMILES string of the molecule is O=S(CCC(F)(F)F)N1CC2(C1)OCc1cc(C3=NSC(c4cc(Cl)c(F)c(Cl)c4)(C(F)(F)F)C3)ccc12. The van der Waals surface area contributed by atoms with Crippen molar-refractivity contribution in [3.63, 3.8) is 0 Å². The Morgan fingerprint density at radius 2 is 1.74 bits per heavy atom. The zero-order valence-corrected chi connectivity index (χ0v) is 22.2. The van der Waals surface area contributed by atoms with Gasteiger partial charge in [0.2, 0.25) is 0 Å². The number of halogens is 9. The number of hydrogen-bond donors (Lipinski definition) is 0. The molecule has 0 radical (unpaired) electrons. The van der Waals surface area contributed by atoms with E-state index in [4.69, 9.17) is 27.9 Å². The molecule has 3 aliphatic heterocycles. The molecule has 5 rings (SSSR count). The Hall–Kier alpha value is -1.38. The highest BCUT2D eigenvalue weighted by Gasteiger charge is 2.60. The maximum Gasteiger partial charge on any atom is 0.409 e. The van der Waals surface area contributed by atoms with Gasteiger partial charge in [-0.3, -0.25) is 0 Å². The van der Waals surface area contributed by atoms with Crippen molar-refractivity contribution in [3.05, 3.63) is 68.4 Å². The van der Waals surface area contributed by atoms with Crippen LogP contribution in [0.2, 0.25) is 10.0 Å². The molecule has 4 nitrogen and oxygen atoms in total. The first-order valence-electron chi connectivity index (χ1n) is 11.1. The zero-order valence-electron chi connectivity index (χ0n) is 19.1. The molecule has 0 aromatic heterocycles. The number of ether oxygens (including phenoxy) is 1. The van der Waals surface area contributed by atoms with Crippen LogP contribution in [0.3, 0.4) is 0 Å². The quantitative estimate of drug-likeness (QED) is 0.204. The average Bonchev–Trinajstić information content (AvgIpc) is 3.42. The Bertz CT molecular complexity index is 1320. The van der Waals surface area contributed by atoms with Gasteiger partial charge in [0, 0.05) is 25.3 Å². The lowest BCUT2D eigenvalue weighted by molar-refractivity contribution is -0.159. The normalized spacial score (nSPS) is 23.9. The molecule has 0 amide bonds. The van der Waals surface area contributed by atoms with Gasteiger partial charge in [-0.1, -0.05) is 35.3 Å². The Balaban J connectivity index is 1.34. The summed E-state index contributed by atoms with van der Waals surface area (Å²) in [5, 5.41) is -1.06. The highest BCUT2D eigenvalue weighted by atomic mass is 35.5. The molecule has 1 saturated heterocycles. The highest BCUT2D eigenvalue weighted by Crippen LogP contribution is 2.57. The number of fused-ring (bicyclic) bond motifs is 2. The number of alkyl halides is 6. The topological polar surface area (TPSA) is 41.9 Å². The number of nitrogens with zero attached hydrogens (tertiary/aromatic N) is 2. The van der Waals surface area contributed by atoms with Crippen molar-refractivity contribution in [2.24, 2.45) is 4.40 Å². The van der Waals surface area contributed by atoms with Crippen molar-refractivity contribution in [2.45, 2.75) is 42.1 Å². The molecule has 2 atom stereocenters. The maximum atomic E-state index is 14.4. The highest BCUT2D eigenvalue weighted by molar-refractivity contribution is 7.99. The summed E-state index contributed by atoms with van der Waals surface area (Å²) in [6.07, 6.45) is -10.9. The van der Waals surface area contributed by atoms with Crippen LogP contribution in [-0.2, 0) is 32.7 Å². The molecule has 0 saturated carbocycles. The molecule has 3 heterocycles. The summed E-state index contributed by atoms with van der Waals surface area (Å²) < 4.78 is 115. The van der Waals surface area contributed by atoms with Gasteiger partial charge in [0.05, 0.1) is 39.8 Å². The fraction of sp³-hybridized carbons (Fsp3) is 0.435. The first-order chi connectivity index (χ1) is 17.6. The summed E-state index contributed by atoms with van der Waals surface area (Å²) in [5.74, 6) is -1.54. The minimum atomic E-state index is -4.77. The van der Waals surface area contributed by atoms with Crippen LogP contribution in [0.15, 0.2) is 34.7 Å². The van der Waals surface area contributed by atoms with E-state index in [0.29, 0.717) is 23.1 Å². The summed E-state index contributed by atoms with van der Waals surface area (Å²) in [5.41, 5.74) is 0.903. The van der Waals surface area contributed by atoms with Gasteiger partial charge in [-0.15, -0.1) is 0 Å². The molecular formula is C23H17Cl2F7N2O2S2. The summed E-state index contributed by atoms with van der Waals surface area (Å²) in [6, 6.07) is 6.78. The lowest BCUT2D eigenvalue weighted by atomic mass is 9.85. The number of benzene rings is 2. The van der Waals surface area contributed by atoms with E-state index in [1.807, 2.05) is 0 Å².